The van der Waals surface area contributed by atoms with Crippen molar-refractivity contribution < 1.29 is 9.18 Å². The molecule has 0 aliphatic carbocycles. The molecule has 0 saturated carbocycles. The van der Waals surface area contributed by atoms with E-state index in [2.05, 4.69) is 19.9 Å². The summed E-state index contributed by atoms with van der Waals surface area (Å²) >= 11 is 0. The average Bonchev–Trinajstić information content (AvgIpc) is 2.66. The van der Waals surface area contributed by atoms with E-state index in [1.165, 1.54) is 44.6 Å². The molecule has 0 unspecified atom stereocenters. The number of aryl methyl sites for hydroxylation is 2. The Hall–Kier alpha value is -1.44. The number of carbonyl (C=O) groups is 1. The van der Waals surface area contributed by atoms with Crippen LogP contribution in [0.3, 0.4) is 0 Å². The maximum absolute atomic E-state index is 12.5. The van der Waals surface area contributed by atoms with Gasteiger partial charge in [-0.05, 0) is 50.3 Å². The fourth-order valence-corrected chi connectivity index (χ4v) is 2.43. The molecule has 0 N–H and O–H groups in total. The molecule has 0 aromatic heterocycles. The maximum Gasteiger partial charge on any atom is 0.155 e. The fourth-order valence-electron chi connectivity index (χ4n) is 2.43. The molecule has 0 aliphatic heterocycles. The lowest BCUT2D eigenvalue weighted by Crippen LogP contribution is -1.98. The van der Waals surface area contributed by atoms with E-state index in [4.69, 9.17) is 0 Å². The van der Waals surface area contributed by atoms with Crippen molar-refractivity contribution in [3.8, 4) is 0 Å². The predicted molar refractivity (Wildman–Crippen MR) is 114 cm³/mol. The van der Waals surface area contributed by atoms with Crippen LogP contribution in [-0.4, -0.2) is 5.78 Å². The Morgan fingerprint density at radius 2 is 1.58 bits per heavy atom. The molecule has 0 saturated heterocycles. The van der Waals surface area contributed by atoms with Crippen LogP contribution in [0, 0.1) is 25.6 Å². The predicted octanol–water partition coefficient (Wildman–Crippen LogP) is 7.99. The molecule has 0 bridgehead atoms. The van der Waals surface area contributed by atoms with Crippen molar-refractivity contribution in [2.75, 3.05) is 0 Å². The summed E-state index contributed by atoms with van der Waals surface area (Å²) in [6.07, 6.45) is 12.1. The first kappa shape index (κ1) is 26.8. The number of unbranched alkanes of at least 4 members (excludes halogenated alkanes) is 2. The minimum Gasteiger partial charge on any atom is -0.295 e. The lowest BCUT2D eigenvalue weighted by molar-refractivity contribution is -0.114. The molecule has 1 aromatic rings. The Bertz CT molecular complexity index is 483. The quantitative estimate of drug-likeness (QED) is 0.406. The van der Waals surface area contributed by atoms with E-state index in [-0.39, 0.29) is 11.6 Å². The molecule has 0 spiro atoms. The van der Waals surface area contributed by atoms with Crippen LogP contribution in [0.4, 0.5) is 4.39 Å². The second-order valence-corrected chi connectivity index (χ2v) is 6.48. The van der Waals surface area contributed by atoms with Gasteiger partial charge in [-0.2, -0.15) is 0 Å². The minimum atomic E-state index is -0.124. The Balaban J connectivity index is 0. The lowest BCUT2D eigenvalue weighted by Gasteiger charge is -2.11. The van der Waals surface area contributed by atoms with Gasteiger partial charge in [0.05, 0.1) is 0 Å². The van der Waals surface area contributed by atoms with Crippen LogP contribution < -0.4 is 0 Å². The molecule has 0 aliphatic rings. The summed E-state index contributed by atoms with van der Waals surface area (Å²) in [5, 5.41) is 0. The van der Waals surface area contributed by atoms with E-state index < -0.39 is 0 Å². The molecule has 0 fully saturated rings. The molecule has 0 atom stereocenters. The first-order valence-corrected chi connectivity index (χ1v) is 10.4. The number of allylic oxidation sites excluding steroid dienone is 2. The number of halogens is 1. The Labute approximate surface area is 162 Å². The second kappa shape index (κ2) is 18.4. The maximum atomic E-state index is 12.5. The highest BCUT2D eigenvalue weighted by Crippen LogP contribution is 2.17. The number of ketones is 1. The molecule has 1 aromatic carbocycles. The topological polar surface area (TPSA) is 17.1 Å². The SMILES string of the molecule is CC.CCCCC(/C=C\C(=O)CC)CCCC.Cc1ccc(F)c(C)c1. The van der Waals surface area contributed by atoms with Crippen molar-refractivity contribution in [2.45, 2.75) is 93.4 Å². The van der Waals surface area contributed by atoms with E-state index in [0.29, 0.717) is 12.3 Å². The summed E-state index contributed by atoms with van der Waals surface area (Å²) in [6.45, 7) is 14.1. The highest BCUT2D eigenvalue weighted by atomic mass is 19.1. The van der Waals surface area contributed by atoms with Gasteiger partial charge in [0, 0.05) is 6.42 Å². The van der Waals surface area contributed by atoms with Crippen molar-refractivity contribution in [3.63, 3.8) is 0 Å². The minimum absolute atomic E-state index is 0.124. The van der Waals surface area contributed by atoms with E-state index in [1.54, 1.807) is 19.1 Å². The highest BCUT2D eigenvalue weighted by Gasteiger charge is 2.04. The lowest BCUT2D eigenvalue weighted by atomic mass is 9.95. The first-order valence-electron chi connectivity index (χ1n) is 10.4. The van der Waals surface area contributed by atoms with Crippen LogP contribution in [0.25, 0.3) is 0 Å². The number of carbonyl (C=O) groups excluding carboxylic acids is 1. The fraction of sp³-hybridized carbons (Fsp3) is 0.625. The van der Waals surface area contributed by atoms with Crippen molar-refractivity contribution in [2.24, 2.45) is 5.92 Å². The number of benzene rings is 1. The van der Waals surface area contributed by atoms with Gasteiger partial charge in [0.25, 0.3) is 0 Å². The molecule has 1 rings (SSSR count). The van der Waals surface area contributed by atoms with Gasteiger partial charge in [0.15, 0.2) is 5.78 Å². The molecular weight excluding hydrogens is 323 g/mol. The molecule has 1 nitrogen and oxygen atoms in total. The highest BCUT2D eigenvalue weighted by molar-refractivity contribution is 5.89. The molecule has 0 amide bonds. The second-order valence-electron chi connectivity index (χ2n) is 6.48. The summed E-state index contributed by atoms with van der Waals surface area (Å²) in [4.78, 5) is 11.2. The summed E-state index contributed by atoms with van der Waals surface area (Å²) in [5.41, 5.74) is 1.82. The van der Waals surface area contributed by atoms with Crippen molar-refractivity contribution in [3.05, 3.63) is 47.3 Å². The van der Waals surface area contributed by atoms with E-state index >= 15 is 0 Å². The van der Waals surface area contributed by atoms with Gasteiger partial charge in [-0.25, -0.2) is 4.39 Å². The van der Waals surface area contributed by atoms with Gasteiger partial charge < -0.3 is 0 Å². The zero-order valence-electron chi connectivity index (χ0n) is 18.2. The summed E-state index contributed by atoms with van der Waals surface area (Å²) in [5.74, 6) is 0.758. The van der Waals surface area contributed by atoms with E-state index in [0.717, 1.165) is 11.1 Å². The zero-order valence-corrected chi connectivity index (χ0v) is 18.2. The molecular formula is C24H41FO. The van der Waals surface area contributed by atoms with Gasteiger partial charge in [0.2, 0.25) is 0 Å². The summed E-state index contributed by atoms with van der Waals surface area (Å²) in [7, 11) is 0. The number of rotatable bonds is 9. The smallest absolute Gasteiger partial charge is 0.155 e. The molecule has 150 valence electrons. The van der Waals surface area contributed by atoms with Gasteiger partial charge in [-0.15, -0.1) is 0 Å². The largest absolute Gasteiger partial charge is 0.295 e. The van der Waals surface area contributed by atoms with Crippen LogP contribution in [0.5, 0.6) is 0 Å². The third kappa shape index (κ3) is 14.9. The van der Waals surface area contributed by atoms with Crippen molar-refractivity contribution in [1.29, 1.82) is 0 Å². The molecule has 26 heavy (non-hydrogen) atoms. The van der Waals surface area contributed by atoms with Gasteiger partial charge in [-0.1, -0.05) is 84.1 Å². The third-order valence-corrected chi connectivity index (χ3v) is 4.07. The Kier molecular flexibility index (Phi) is 18.9. The van der Waals surface area contributed by atoms with Crippen LogP contribution >= 0.6 is 0 Å². The van der Waals surface area contributed by atoms with Crippen LogP contribution in [0.2, 0.25) is 0 Å². The molecule has 0 heterocycles. The van der Waals surface area contributed by atoms with Gasteiger partial charge in [-0.3, -0.25) is 4.79 Å². The third-order valence-electron chi connectivity index (χ3n) is 4.07. The Morgan fingerprint density at radius 1 is 1.04 bits per heavy atom. The van der Waals surface area contributed by atoms with Crippen molar-refractivity contribution >= 4 is 5.78 Å². The molecule has 2 heteroatoms. The summed E-state index contributed by atoms with van der Waals surface area (Å²) < 4.78 is 12.5. The number of hydrogen-bond donors (Lipinski definition) is 0. The van der Waals surface area contributed by atoms with Crippen LogP contribution in [0.1, 0.15) is 90.7 Å². The average molecular weight is 365 g/mol. The standard InChI is InChI=1S/C14H26O.C8H9F.C2H6/c1-4-7-9-13(10-8-5-2)11-12-14(15)6-3;1-6-3-4-8(9)7(2)5-6;1-2/h11-13H,4-10H2,1-3H3;3-5H,1-2H3;1-2H3/b12-11-;;. The first-order chi connectivity index (χ1) is 12.4. The number of hydrogen-bond acceptors (Lipinski definition) is 1. The van der Waals surface area contributed by atoms with Crippen molar-refractivity contribution in [1.82, 2.24) is 0 Å². The van der Waals surface area contributed by atoms with Crippen LogP contribution in [0.15, 0.2) is 30.4 Å². The normalized spacial score (nSPS) is 10.2. The van der Waals surface area contributed by atoms with Gasteiger partial charge in [0.1, 0.15) is 5.82 Å². The van der Waals surface area contributed by atoms with E-state index in [9.17, 15) is 9.18 Å². The monoisotopic (exact) mass is 364 g/mol. The Morgan fingerprint density at radius 3 is 1.96 bits per heavy atom. The summed E-state index contributed by atoms with van der Waals surface area (Å²) in [6, 6.07) is 5.09. The van der Waals surface area contributed by atoms with Gasteiger partial charge >= 0.3 is 0 Å². The molecule has 0 radical (unpaired) electrons. The van der Waals surface area contributed by atoms with E-state index in [1.807, 2.05) is 33.8 Å². The zero-order chi connectivity index (χ0) is 20.4. The van der Waals surface area contributed by atoms with Crippen LogP contribution in [-0.2, 0) is 4.79 Å².